The maximum Gasteiger partial charge on any atom is 0.278 e. The molecule has 0 aliphatic carbocycles. The first-order valence-electron chi connectivity index (χ1n) is 7.71. The Morgan fingerprint density at radius 2 is 1.96 bits per heavy atom. The van der Waals surface area contributed by atoms with Crippen molar-refractivity contribution in [3.8, 4) is 11.4 Å². The number of fused-ring (bicyclic) bond motifs is 1. The molecule has 0 radical (unpaired) electrons. The van der Waals surface area contributed by atoms with Crippen LogP contribution in [0.2, 0.25) is 5.02 Å². The molecule has 0 atom stereocenters. The zero-order valence-electron chi connectivity index (χ0n) is 13.3. The Kier molecular flexibility index (Phi) is 3.78. The minimum Gasteiger partial charge on any atom is -0.267 e. The quantitative estimate of drug-likeness (QED) is 0.546. The number of hydrogen-bond donors (Lipinski definition) is 0. The van der Waals surface area contributed by atoms with Crippen LogP contribution >= 0.6 is 11.6 Å². The van der Waals surface area contributed by atoms with Crippen LogP contribution < -0.4 is 0 Å². The average molecular weight is 349 g/mol. The molecule has 0 spiro atoms. The standard InChI is InChI=1S/C19H13ClN4O/c1-12-15(20)7-6-13-14(19(25)24-10-4-9-22-24)11-17(23-18(12)13)16-5-2-3-8-21-16/h2-11H,1H3. The van der Waals surface area contributed by atoms with Gasteiger partial charge < -0.3 is 0 Å². The second-order valence-electron chi connectivity index (χ2n) is 5.59. The van der Waals surface area contributed by atoms with Crippen LogP contribution in [0.3, 0.4) is 0 Å². The fraction of sp³-hybridized carbons (Fsp3) is 0.0526. The van der Waals surface area contributed by atoms with Gasteiger partial charge in [0.15, 0.2) is 0 Å². The van der Waals surface area contributed by atoms with Gasteiger partial charge in [0, 0.05) is 29.0 Å². The van der Waals surface area contributed by atoms with Crippen LogP contribution in [-0.2, 0) is 0 Å². The van der Waals surface area contributed by atoms with Crippen LogP contribution in [-0.4, -0.2) is 25.7 Å². The molecular weight excluding hydrogens is 336 g/mol. The molecule has 122 valence electrons. The van der Waals surface area contributed by atoms with Gasteiger partial charge in [0.05, 0.1) is 22.5 Å². The number of hydrogen-bond acceptors (Lipinski definition) is 4. The molecule has 6 heteroatoms. The Morgan fingerprint density at radius 1 is 1.08 bits per heavy atom. The van der Waals surface area contributed by atoms with Crippen LogP contribution in [0.1, 0.15) is 15.9 Å². The molecule has 0 amide bonds. The van der Waals surface area contributed by atoms with Crippen LogP contribution in [0, 0.1) is 6.92 Å². The third-order valence-electron chi connectivity index (χ3n) is 4.04. The summed E-state index contributed by atoms with van der Waals surface area (Å²) in [5, 5.41) is 5.39. The number of carbonyl (C=O) groups is 1. The van der Waals surface area contributed by atoms with Gasteiger partial charge in [-0.05, 0) is 42.8 Å². The Morgan fingerprint density at radius 3 is 2.68 bits per heavy atom. The molecule has 4 aromatic rings. The summed E-state index contributed by atoms with van der Waals surface area (Å²) in [7, 11) is 0. The van der Waals surface area contributed by atoms with Crippen LogP contribution in [0.4, 0.5) is 0 Å². The monoisotopic (exact) mass is 348 g/mol. The third kappa shape index (κ3) is 2.68. The third-order valence-corrected chi connectivity index (χ3v) is 4.45. The van der Waals surface area contributed by atoms with Crippen LogP contribution in [0.15, 0.2) is 61.1 Å². The molecule has 0 aliphatic heterocycles. The topological polar surface area (TPSA) is 60.7 Å². The van der Waals surface area contributed by atoms with E-state index in [2.05, 4.69) is 10.1 Å². The van der Waals surface area contributed by atoms with Crippen molar-refractivity contribution in [1.29, 1.82) is 0 Å². The molecule has 0 saturated heterocycles. The van der Waals surface area contributed by atoms with Gasteiger partial charge >= 0.3 is 0 Å². The van der Waals surface area contributed by atoms with E-state index in [-0.39, 0.29) is 5.91 Å². The fourth-order valence-corrected chi connectivity index (χ4v) is 2.89. The molecule has 0 aliphatic rings. The lowest BCUT2D eigenvalue weighted by Crippen LogP contribution is -2.13. The molecule has 3 aromatic heterocycles. The number of rotatable bonds is 2. The molecule has 1 aromatic carbocycles. The van der Waals surface area contributed by atoms with E-state index in [9.17, 15) is 4.79 Å². The maximum atomic E-state index is 12.9. The van der Waals surface area contributed by atoms with Crippen LogP contribution in [0.5, 0.6) is 0 Å². The summed E-state index contributed by atoms with van der Waals surface area (Å²) in [5.74, 6) is -0.226. The van der Waals surface area contributed by atoms with Gasteiger partial charge in [0.2, 0.25) is 0 Å². The number of halogens is 1. The molecule has 0 fully saturated rings. The molecular formula is C19H13ClN4O. The summed E-state index contributed by atoms with van der Waals surface area (Å²) in [6, 6.07) is 12.6. The average Bonchev–Trinajstić information content (AvgIpc) is 3.19. The number of benzene rings is 1. The highest BCUT2D eigenvalue weighted by Gasteiger charge is 2.18. The summed E-state index contributed by atoms with van der Waals surface area (Å²) in [5.41, 5.74) is 3.33. The minimum absolute atomic E-state index is 0.226. The van der Waals surface area contributed by atoms with Gasteiger partial charge in [0.25, 0.3) is 5.91 Å². The second kappa shape index (κ2) is 6.11. The van der Waals surface area contributed by atoms with Gasteiger partial charge in [-0.3, -0.25) is 9.78 Å². The molecule has 0 bridgehead atoms. The van der Waals surface area contributed by atoms with Crippen molar-refractivity contribution in [1.82, 2.24) is 19.7 Å². The molecule has 0 N–H and O–H groups in total. The Balaban J connectivity index is 2.03. The van der Waals surface area contributed by atoms with Crippen molar-refractivity contribution >= 4 is 28.4 Å². The van der Waals surface area contributed by atoms with E-state index in [0.717, 1.165) is 10.9 Å². The zero-order valence-corrected chi connectivity index (χ0v) is 14.1. The predicted molar refractivity (Wildman–Crippen MR) is 96.7 cm³/mol. The molecule has 25 heavy (non-hydrogen) atoms. The van der Waals surface area contributed by atoms with Gasteiger partial charge in [0.1, 0.15) is 0 Å². The number of aromatic nitrogens is 4. The van der Waals surface area contributed by atoms with E-state index in [1.165, 1.54) is 4.68 Å². The van der Waals surface area contributed by atoms with Crippen molar-refractivity contribution in [2.45, 2.75) is 6.92 Å². The first kappa shape index (κ1) is 15.5. The van der Waals surface area contributed by atoms with Crippen molar-refractivity contribution < 1.29 is 4.79 Å². The lowest BCUT2D eigenvalue weighted by molar-refractivity contribution is 0.0946. The van der Waals surface area contributed by atoms with E-state index in [1.54, 1.807) is 36.8 Å². The largest absolute Gasteiger partial charge is 0.278 e. The van der Waals surface area contributed by atoms with E-state index < -0.39 is 0 Å². The zero-order chi connectivity index (χ0) is 17.4. The highest BCUT2D eigenvalue weighted by Crippen LogP contribution is 2.30. The summed E-state index contributed by atoms with van der Waals surface area (Å²) >= 11 is 6.26. The van der Waals surface area contributed by atoms with E-state index in [0.29, 0.717) is 27.5 Å². The van der Waals surface area contributed by atoms with Gasteiger partial charge in [-0.25, -0.2) is 9.67 Å². The number of nitrogens with zero attached hydrogens (tertiary/aromatic N) is 4. The Hall–Kier alpha value is -3.05. The molecule has 3 heterocycles. The van der Waals surface area contributed by atoms with E-state index >= 15 is 0 Å². The Bertz CT molecular complexity index is 1080. The number of carbonyl (C=O) groups excluding carboxylic acids is 1. The van der Waals surface area contributed by atoms with Crippen LogP contribution in [0.25, 0.3) is 22.3 Å². The lowest BCUT2D eigenvalue weighted by atomic mass is 10.0. The normalized spacial score (nSPS) is 11.0. The maximum absolute atomic E-state index is 12.9. The first-order valence-corrected chi connectivity index (χ1v) is 8.08. The van der Waals surface area contributed by atoms with Crippen molar-refractivity contribution in [3.63, 3.8) is 0 Å². The molecule has 4 rings (SSSR count). The van der Waals surface area contributed by atoms with Crippen molar-refractivity contribution in [3.05, 3.63) is 77.2 Å². The summed E-state index contributed by atoms with van der Waals surface area (Å²) < 4.78 is 1.31. The van der Waals surface area contributed by atoms with E-state index in [1.807, 2.05) is 31.2 Å². The minimum atomic E-state index is -0.226. The molecule has 0 unspecified atom stereocenters. The van der Waals surface area contributed by atoms with Gasteiger partial charge in [-0.15, -0.1) is 0 Å². The molecule has 0 saturated carbocycles. The fourth-order valence-electron chi connectivity index (χ4n) is 2.74. The highest BCUT2D eigenvalue weighted by atomic mass is 35.5. The smallest absolute Gasteiger partial charge is 0.267 e. The summed E-state index contributed by atoms with van der Waals surface area (Å²) in [6.45, 7) is 1.89. The van der Waals surface area contributed by atoms with E-state index in [4.69, 9.17) is 16.6 Å². The summed E-state index contributed by atoms with van der Waals surface area (Å²) in [4.78, 5) is 22.0. The van der Waals surface area contributed by atoms with Gasteiger partial charge in [-0.2, -0.15) is 5.10 Å². The van der Waals surface area contributed by atoms with Gasteiger partial charge in [-0.1, -0.05) is 23.7 Å². The summed E-state index contributed by atoms with van der Waals surface area (Å²) in [6.07, 6.45) is 4.89. The Labute approximate surface area is 148 Å². The van der Waals surface area contributed by atoms with Crippen molar-refractivity contribution in [2.75, 3.05) is 0 Å². The number of aryl methyl sites for hydroxylation is 1. The first-order chi connectivity index (χ1) is 12.1. The lowest BCUT2D eigenvalue weighted by Gasteiger charge is -2.11. The molecule has 5 nitrogen and oxygen atoms in total. The predicted octanol–water partition coefficient (Wildman–Crippen LogP) is 4.14. The SMILES string of the molecule is Cc1c(Cl)ccc2c(C(=O)n3cccn3)cc(-c3ccccn3)nc12. The number of pyridine rings is 2. The second-order valence-corrected chi connectivity index (χ2v) is 6.00. The van der Waals surface area contributed by atoms with Crippen molar-refractivity contribution in [2.24, 2.45) is 0 Å². The highest BCUT2D eigenvalue weighted by molar-refractivity contribution is 6.32.